The van der Waals surface area contributed by atoms with Gasteiger partial charge in [0, 0.05) is 0 Å². The summed E-state index contributed by atoms with van der Waals surface area (Å²) in [7, 11) is 1.35. The zero-order valence-electron chi connectivity index (χ0n) is 16.7. The summed E-state index contributed by atoms with van der Waals surface area (Å²) in [6.07, 6.45) is 2.78. The van der Waals surface area contributed by atoms with Gasteiger partial charge in [-0.2, -0.15) is 0 Å². The molecule has 7 heteroatoms. The van der Waals surface area contributed by atoms with Gasteiger partial charge in [-0.3, -0.25) is 9.69 Å². The highest BCUT2D eigenvalue weighted by atomic mass is 32.2. The molecule has 2 aliphatic heterocycles. The van der Waals surface area contributed by atoms with E-state index in [9.17, 15) is 9.59 Å². The summed E-state index contributed by atoms with van der Waals surface area (Å²) in [6.45, 7) is 6.55. The highest BCUT2D eigenvalue weighted by Crippen LogP contribution is 2.44. The van der Waals surface area contributed by atoms with Crippen LogP contribution >= 0.6 is 11.8 Å². The molecule has 0 N–H and O–H groups in total. The Bertz CT molecular complexity index is 816. The van der Waals surface area contributed by atoms with Crippen LogP contribution in [0.2, 0.25) is 0 Å². The molecular formula is C21H26N2O4S. The second kappa shape index (κ2) is 8.82. The van der Waals surface area contributed by atoms with Crippen LogP contribution in [0, 0.1) is 0 Å². The second-order valence-electron chi connectivity index (χ2n) is 6.78. The molecule has 0 aromatic heterocycles. The van der Waals surface area contributed by atoms with Crippen molar-refractivity contribution in [1.82, 2.24) is 4.90 Å². The first-order valence-electron chi connectivity index (χ1n) is 9.62. The van der Waals surface area contributed by atoms with E-state index in [2.05, 4.69) is 11.9 Å². The van der Waals surface area contributed by atoms with Gasteiger partial charge in [-0.15, -0.1) is 0 Å². The van der Waals surface area contributed by atoms with Crippen molar-refractivity contribution in [1.29, 1.82) is 0 Å². The predicted molar refractivity (Wildman–Crippen MR) is 110 cm³/mol. The SMILES string of the molecule is CCCCOc1ccc([C@@H]2C(C(=O)OC)=C(C)N=C3S[C@H](CC)C(=O)N32)cc1. The summed E-state index contributed by atoms with van der Waals surface area (Å²) < 4.78 is 10.7. The Morgan fingerprint density at radius 1 is 1.25 bits per heavy atom. The Hall–Kier alpha value is -2.28. The molecule has 0 radical (unpaired) electrons. The minimum atomic E-state index is -0.541. The van der Waals surface area contributed by atoms with Crippen LogP contribution in [-0.2, 0) is 14.3 Å². The van der Waals surface area contributed by atoms with E-state index in [1.54, 1.807) is 11.8 Å². The van der Waals surface area contributed by atoms with Crippen molar-refractivity contribution in [2.24, 2.45) is 4.99 Å². The molecule has 1 aromatic rings. The quantitative estimate of drug-likeness (QED) is 0.508. The fourth-order valence-corrected chi connectivity index (χ4v) is 4.49. The van der Waals surface area contributed by atoms with Gasteiger partial charge < -0.3 is 9.47 Å². The zero-order chi connectivity index (χ0) is 20.3. The van der Waals surface area contributed by atoms with Gasteiger partial charge in [-0.25, -0.2) is 9.79 Å². The van der Waals surface area contributed by atoms with Crippen LogP contribution in [-0.4, -0.2) is 40.9 Å². The maximum atomic E-state index is 13.0. The lowest BCUT2D eigenvalue weighted by molar-refractivity contribution is -0.137. The van der Waals surface area contributed by atoms with Crippen LogP contribution in [0.15, 0.2) is 40.5 Å². The fourth-order valence-electron chi connectivity index (χ4n) is 3.36. The third-order valence-corrected chi connectivity index (χ3v) is 6.21. The molecule has 1 saturated heterocycles. The Balaban J connectivity index is 1.98. The number of nitrogens with zero attached hydrogens (tertiary/aromatic N) is 2. The molecule has 0 spiro atoms. The number of methoxy groups -OCH3 is 1. The van der Waals surface area contributed by atoms with Gasteiger partial charge in [0.25, 0.3) is 0 Å². The van der Waals surface area contributed by atoms with Gasteiger partial charge in [-0.1, -0.05) is 44.2 Å². The summed E-state index contributed by atoms with van der Waals surface area (Å²) in [5, 5.41) is 0.470. The second-order valence-corrected chi connectivity index (χ2v) is 7.95. The number of aliphatic imine (C=N–C) groups is 1. The molecule has 0 aliphatic carbocycles. The van der Waals surface area contributed by atoms with Crippen LogP contribution in [0.3, 0.4) is 0 Å². The highest BCUT2D eigenvalue weighted by molar-refractivity contribution is 8.15. The average Bonchev–Trinajstić information content (AvgIpc) is 3.02. The number of esters is 1. The third kappa shape index (κ3) is 3.81. The monoisotopic (exact) mass is 402 g/mol. The van der Waals surface area contributed by atoms with E-state index < -0.39 is 12.0 Å². The lowest BCUT2D eigenvalue weighted by atomic mass is 9.94. The molecule has 0 saturated carbocycles. The van der Waals surface area contributed by atoms with Crippen molar-refractivity contribution in [3.05, 3.63) is 41.1 Å². The topological polar surface area (TPSA) is 68.2 Å². The van der Waals surface area contributed by atoms with Crippen LogP contribution in [0.1, 0.15) is 51.6 Å². The lowest BCUT2D eigenvalue weighted by Gasteiger charge is -2.32. The van der Waals surface area contributed by atoms with Crippen LogP contribution in [0.25, 0.3) is 0 Å². The Morgan fingerprint density at radius 3 is 2.57 bits per heavy atom. The molecular weight excluding hydrogens is 376 g/mol. The maximum absolute atomic E-state index is 13.0. The van der Waals surface area contributed by atoms with Crippen molar-refractivity contribution >= 4 is 28.8 Å². The van der Waals surface area contributed by atoms with Crippen molar-refractivity contribution in [2.75, 3.05) is 13.7 Å². The van der Waals surface area contributed by atoms with Crippen LogP contribution in [0.5, 0.6) is 5.75 Å². The van der Waals surface area contributed by atoms with E-state index in [1.807, 2.05) is 31.2 Å². The van der Waals surface area contributed by atoms with Crippen molar-refractivity contribution in [3.8, 4) is 5.75 Å². The van der Waals surface area contributed by atoms with Gasteiger partial charge in [0.2, 0.25) is 5.91 Å². The standard InChI is InChI=1S/C21H26N2O4S/c1-5-7-12-27-15-10-8-14(9-11-15)18-17(20(25)26-4)13(3)22-21-23(18)19(24)16(6-2)28-21/h8-11,16,18H,5-7,12H2,1-4H3/t16-,18-/m1/s1. The number of hydrogen-bond donors (Lipinski definition) is 0. The van der Waals surface area contributed by atoms with E-state index in [4.69, 9.17) is 9.47 Å². The number of amides is 1. The molecule has 2 aliphatic rings. The minimum Gasteiger partial charge on any atom is -0.494 e. The first kappa shape index (κ1) is 20.5. The van der Waals surface area contributed by atoms with Crippen LogP contribution < -0.4 is 4.74 Å². The summed E-state index contributed by atoms with van der Waals surface area (Å²) >= 11 is 1.46. The molecule has 28 heavy (non-hydrogen) atoms. The normalized spacial score (nSPS) is 21.5. The Kier molecular flexibility index (Phi) is 6.44. The number of amidine groups is 1. The lowest BCUT2D eigenvalue weighted by Crippen LogP contribution is -2.40. The first-order chi connectivity index (χ1) is 13.5. The van der Waals surface area contributed by atoms with Crippen LogP contribution in [0.4, 0.5) is 0 Å². The van der Waals surface area contributed by atoms with E-state index in [0.717, 1.165) is 24.2 Å². The third-order valence-electron chi connectivity index (χ3n) is 4.89. The first-order valence-corrected chi connectivity index (χ1v) is 10.5. The van der Waals surface area contributed by atoms with E-state index in [0.29, 0.717) is 29.5 Å². The number of carbonyl (C=O) groups is 2. The summed E-state index contributed by atoms with van der Waals surface area (Å²) in [6, 6.07) is 7.03. The zero-order valence-corrected chi connectivity index (χ0v) is 17.5. The Morgan fingerprint density at radius 2 is 1.96 bits per heavy atom. The number of benzene rings is 1. The Labute approximate surface area is 170 Å². The van der Waals surface area contributed by atoms with Crippen molar-refractivity contribution < 1.29 is 19.1 Å². The molecule has 1 fully saturated rings. The molecule has 0 bridgehead atoms. The summed E-state index contributed by atoms with van der Waals surface area (Å²) in [4.78, 5) is 31.7. The molecule has 2 atom stereocenters. The number of carbonyl (C=O) groups excluding carboxylic acids is 2. The van der Waals surface area contributed by atoms with E-state index in [-0.39, 0.29) is 11.2 Å². The average molecular weight is 403 g/mol. The van der Waals surface area contributed by atoms with E-state index in [1.165, 1.54) is 18.9 Å². The highest BCUT2D eigenvalue weighted by Gasteiger charge is 2.47. The fraction of sp³-hybridized carbons (Fsp3) is 0.476. The number of hydrogen-bond acceptors (Lipinski definition) is 6. The number of rotatable bonds is 7. The molecule has 3 rings (SSSR count). The molecule has 1 aromatic carbocycles. The van der Waals surface area contributed by atoms with Crippen molar-refractivity contribution in [2.45, 2.75) is 51.3 Å². The minimum absolute atomic E-state index is 0.0200. The summed E-state index contributed by atoms with van der Waals surface area (Å²) in [5.41, 5.74) is 1.82. The molecule has 0 unspecified atom stereocenters. The molecule has 2 heterocycles. The van der Waals surface area contributed by atoms with Crippen molar-refractivity contribution in [3.63, 3.8) is 0 Å². The van der Waals surface area contributed by atoms with Gasteiger partial charge in [0.15, 0.2) is 5.17 Å². The summed E-state index contributed by atoms with van der Waals surface area (Å²) in [5.74, 6) is 0.288. The predicted octanol–water partition coefficient (Wildman–Crippen LogP) is 4.08. The molecule has 1 amide bonds. The maximum Gasteiger partial charge on any atom is 0.338 e. The van der Waals surface area contributed by atoms with E-state index >= 15 is 0 Å². The van der Waals surface area contributed by atoms with Gasteiger partial charge in [0.05, 0.1) is 36.3 Å². The molecule has 6 nitrogen and oxygen atoms in total. The van der Waals surface area contributed by atoms with Gasteiger partial charge in [-0.05, 0) is 37.5 Å². The number of ether oxygens (including phenoxy) is 2. The van der Waals surface area contributed by atoms with Gasteiger partial charge in [0.1, 0.15) is 5.75 Å². The largest absolute Gasteiger partial charge is 0.494 e. The number of fused-ring (bicyclic) bond motifs is 1. The molecule has 150 valence electrons. The number of unbranched alkanes of at least 4 members (excludes halogenated alkanes) is 1. The van der Waals surface area contributed by atoms with Gasteiger partial charge >= 0.3 is 5.97 Å². The number of thioether (sulfide) groups is 1. The smallest absolute Gasteiger partial charge is 0.338 e. The number of allylic oxidation sites excluding steroid dienone is 1.